The van der Waals surface area contributed by atoms with Crippen LogP contribution in [0.2, 0.25) is 0 Å². The minimum Gasteiger partial charge on any atom is -0.357 e. The molecule has 7 heteroatoms. The Morgan fingerprint density at radius 2 is 2.11 bits per heavy atom. The van der Waals surface area contributed by atoms with E-state index in [1.807, 2.05) is 23.6 Å². The molecule has 0 amide bonds. The molecular formula is C21H32IN5S. The molecule has 1 saturated heterocycles. The van der Waals surface area contributed by atoms with E-state index in [2.05, 4.69) is 64.0 Å². The summed E-state index contributed by atoms with van der Waals surface area (Å²) in [6.07, 6.45) is 4.15. The summed E-state index contributed by atoms with van der Waals surface area (Å²) in [5, 5.41) is 9.18. The normalized spacial score (nSPS) is 17.0. The molecule has 1 unspecified atom stereocenters. The first kappa shape index (κ1) is 23.1. The predicted molar refractivity (Wildman–Crippen MR) is 130 cm³/mol. The molecule has 3 rings (SSSR count). The zero-order valence-corrected chi connectivity index (χ0v) is 20.0. The first-order valence-electron chi connectivity index (χ1n) is 9.95. The molecule has 5 nitrogen and oxygen atoms in total. The fourth-order valence-electron chi connectivity index (χ4n) is 3.36. The van der Waals surface area contributed by atoms with E-state index in [0.29, 0.717) is 12.0 Å². The van der Waals surface area contributed by atoms with E-state index in [1.54, 1.807) is 0 Å². The molecule has 0 bridgehead atoms. The van der Waals surface area contributed by atoms with Gasteiger partial charge in [0, 0.05) is 49.2 Å². The lowest BCUT2D eigenvalue weighted by molar-refractivity contribution is 0.196. The number of aliphatic imine (C=N–C) groups is 1. The fourth-order valence-corrected chi connectivity index (χ4v) is 4.14. The van der Waals surface area contributed by atoms with Crippen molar-refractivity contribution in [2.75, 3.05) is 26.2 Å². The Hall–Kier alpha value is -1.19. The van der Waals surface area contributed by atoms with Gasteiger partial charge < -0.3 is 10.6 Å². The van der Waals surface area contributed by atoms with Crippen molar-refractivity contribution in [1.82, 2.24) is 20.5 Å². The maximum Gasteiger partial charge on any atom is 0.191 e. The summed E-state index contributed by atoms with van der Waals surface area (Å²) in [7, 11) is 0. The van der Waals surface area contributed by atoms with Gasteiger partial charge in [0.1, 0.15) is 0 Å². The molecule has 28 heavy (non-hydrogen) atoms. The van der Waals surface area contributed by atoms with Crippen molar-refractivity contribution in [1.29, 1.82) is 0 Å². The number of nitrogens with zero attached hydrogens (tertiary/aromatic N) is 3. The Balaban J connectivity index is 0.00000280. The predicted octanol–water partition coefficient (Wildman–Crippen LogP) is 4.08. The number of likely N-dealkylation sites (tertiary alicyclic amines) is 1. The maximum absolute atomic E-state index is 4.83. The molecule has 154 valence electrons. The van der Waals surface area contributed by atoms with Crippen LogP contribution in [0.4, 0.5) is 0 Å². The molecule has 3 heterocycles. The van der Waals surface area contributed by atoms with Crippen molar-refractivity contribution >= 4 is 41.3 Å². The molecule has 0 saturated carbocycles. The second-order valence-electron chi connectivity index (χ2n) is 7.15. The number of hydrogen-bond acceptors (Lipinski definition) is 4. The zero-order chi connectivity index (χ0) is 18.9. The van der Waals surface area contributed by atoms with E-state index in [9.17, 15) is 0 Å². The first-order chi connectivity index (χ1) is 13.2. The molecule has 0 spiro atoms. The highest BCUT2D eigenvalue weighted by Gasteiger charge is 2.20. The van der Waals surface area contributed by atoms with Crippen LogP contribution >= 0.6 is 35.3 Å². The third-order valence-corrected chi connectivity index (χ3v) is 6.04. The lowest BCUT2D eigenvalue weighted by Crippen LogP contribution is -2.48. The molecule has 2 aromatic heterocycles. The van der Waals surface area contributed by atoms with Gasteiger partial charge in [-0.2, -0.15) is 0 Å². The molecule has 1 fully saturated rings. The summed E-state index contributed by atoms with van der Waals surface area (Å²) < 4.78 is 0. The van der Waals surface area contributed by atoms with Gasteiger partial charge in [0.15, 0.2) is 5.96 Å². The van der Waals surface area contributed by atoms with E-state index < -0.39 is 0 Å². The molecular weight excluding hydrogens is 481 g/mol. The van der Waals surface area contributed by atoms with Crippen LogP contribution in [-0.4, -0.2) is 48.1 Å². The smallest absolute Gasteiger partial charge is 0.191 e. The summed E-state index contributed by atoms with van der Waals surface area (Å²) in [5.74, 6) is 1.41. The van der Waals surface area contributed by atoms with Crippen molar-refractivity contribution in [3.63, 3.8) is 0 Å². The number of pyridine rings is 1. The second kappa shape index (κ2) is 12.4. The fraction of sp³-hybridized carbons (Fsp3) is 0.524. The minimum atomic E-state index is 0. The van der Waals surface area contributed by atoms with Gasteiger partial charge in [0.25, 0.3) is 0 Å². The van der Waals surface area contributed by atoms with Crippen LogP contribution in [0, 0.1) is 0 Å². The number of aromatic nitrogens is 1. The number of nitrogens with one attached hydrogen (secondary N) is 2. The van der Waals surface area contributed by atoms with Gasteiger partial charge in [0.2, 0.25) is 0 Å². The summed E-state index contributed by atoms with van der Waals surface area (Å²) in [6, 6.07) is 10.9. The number of thiophene rings is 1. The van der Waals surface area contributed by atoms with Crippen molar-refractivity contribution in [3.8, 4) is 0 Å². The average molecular weight is 513 g/mol. The summed E-state index contributed by atoms with van der Waals surface area (Å²) in [6.45, 7) is 9.20. The molecule has 1 aliphatic rings. The topological polar surface area (TPSA) is 52.6 Å². The van der Waals surface area contributed by atoms with Crippen molar-refractivity contribution in [2.24, 2.45) is 4.99 Å². The highest BCUT2D eigenvalue weighted by molar-refractivity contribution is 14.0. The quantitative estimate of drug-likeness (QED) is 0.333. The summed E-state index contributed by atoms with van der Waals surface area (Å²) >= 11 is 1.81. The van der Waals surface area contributed by atoms with Gasteiger partial charge in [-0.1, -0.05) is 19.1 Å². The Kier molecular flexibility index (Phi) is 10.2. The van der Waals surface area contributed by atoms with Crippen LogP contribution in [0.5, 0.6) is 0 Å². The van der Waals surface area contributed by atoms with Crippen LogP contribution in [0.1, 0.15) is 43.2 Å². The van der Waals surface area contributed by atoms with E-state index in [0.717, 1.165) is 57.2 Å². The average Bonchev–Trinajstić information content (AvgIpc) is 3.23. The van der Waals surface area contributed by atoms with E-state index in [1.165, 1.54) is 4.88 Å². The molecule has 0 aliphatic carbocycles. The van der Waals surface area contributed by atoms with Gasteiger partial charge in [-0.3, -0.25) is 14.9 Å². The Morgan fingerprint density at radius 1 is 1.29 bits per heavy atom. The van der Waals surface area contributed by atoms with Crippen LogP contribution in [-0.2, 0) is 6.54 Å². The third-order valence-electron chi connectivity index (χ3n) is 4.94. The number of halogens is 1. The lowest BCUT2D eigenvalue weighted by Gasteiger charge is -2.33. The highest BCUT2D eigenvalue weighted by atomic mass is 127. The van der Waals surface area contributed by atoms with Gasteiger partial charge in [-0.15, -0.1) is 35.3 Å². The SMILES string of the molecule is CCNC(=NCC(C)c1cccs1)NC1CCN(Cc2ccccn2)CC1.I. The largest absolute Gasteiger partial charge is 0.357 e. The monoisotopic (exact) mass is 513 g/mol. The van der Waals surface area contributed by atoms with Crippen molar-refractivity contribution in [2.45, 2.75) is 45.2 Å². The van der Waals surface area contributed by atoms with Gasteiger partial charge in [0.05, 0.1) is 12.2 Å². The third kappa shape index (κ3) is 7.33. The van der Waals surface area contributed by atoms with Crippen LogP contribution in [0.3, 0.4) is 0 Å². The summed E-state index contributed by atoms with van der Waals surface area (Å²) in [4.78, 5) is 13.2. The summed E-state index contributed by atoms with van der Waals surface area (Å²) in [5.41, 5.74) is 1.15. The molecule has 0 aromatic carbocycles. The number of rotatable bonds is 7. The lowest BCUT2D eigenvalue weighted by atomic mass is 10.0. The molecule has 0 radical (unpaired) electrons. The first-order valence-corrected chi connectivity index (χ1v) is 10.8. The Bertz CT molecular complexity index is 684. The zero-order valence-electron chi connectivity index (χ0n) is 16.8. The van der Waals surface area contributed by atoms with Gasteiger partial charge in [-0.05, 0) is 43.3 Å². The van der Waals surface area contributed by atoms with Crippen molar-refractivity contribution < 1.29 is 0 Å². The molecule has 2 N–H and O–H groups in total. The van der Waals surface area contributed by atoms with Gasteiger partial charge >= 0.3 is 0 Å². The van der Waals surface area contributed by atoms with Crippen LogP contribution < -0.4 is 10.6 Å². The molecule has 2 aromatic rings. The van der Waals surface area contributed by atoms with E-state index >= 15 is 0 Å². The van der Waals surface area contributed by atoms with Crippen LogP contribution in [0.15, 0.2) is 46.9 Å². The van der Waals surface area contributed by atoms with Crippen LogP contribution in [0.25, 0.3) is 0 Å². The number of guanidine groups is 1. The van der Waals surface area contributed by atoms with Gasteiger partial charge in [-0.25, -0.2) is 0 Å². The molecule has 1 atom stereocenters. The van der Waals surface area contributed by atoms with E-state index in [4.69, 9.17) is 4.99 Å². The molecule has 1 aliphatic heterocycles. The number of hydrogen-bond donors (Lipinski definition) is 2. The maximum atomic E-state index is 4.83. The Morgan fingerprint density at radius 3 is 2.75 bits per heavy atom. The number of piperidine rings is 1. The van der Waals surface area contributed by atoms with Crippen molar-refractivity contribution in [3.05, 3.63) is 52.5 Å². The standard InChI is InChI=1S/C21H31N5S.HI/c1-3-22-21(24-15-17(2)20-8-6-14-27-20)25-18-9-12-26(13-10-18)16-19-7-4-5-11-23-19;/h4-8,11,14,17-18H,3,9-10,12-13,15-16H2,1-2H3,(H2,22,24,25);1H. The highest BCUT2D eigenvalue weighted by Crippen LogP contribution is 2.20. The second-order valence-corrected chi connectivity index (χ2v) is 8.13. The minimum absolute atomic E-state index is 0. The Labute approximate surface area is 190 Å². The van der Waals surface area contributed by atoms with E-state index in [-0.39, 0.29) is 24.0 Å².